The lowest BCUT2D eigenvalue weighted by atomic mass is 10.0. The first-order valence-corrected chi connectivity index (χ1v) is 10.1. The minimum Gasteiger partial charge on any atom is -0.284 e. The van der Waals surface area contributed by atoms with E-state index in [-0.39, 0.29) is 4.90 Å². The van der Waals surface area contributed by atoms with E-state index >= 15 is 0 Å². The molecule has 0 aromatic heterocycles. The maximum atomic E-state index is 12.5. The van der Waals surface area contributed by atoms with Crippen molar-refractivity contribution in [2.45, 2.75) is 24.7 Å². The van der Waals surface area contributed by atoms with E-state index in [1.807, 2.05) is 6.92 Å². The monoisotopic (exact) mass is 332 g/mol. The average Bonchev–Trinajstić information content (AvgIpc) is 2.37. The van der Waals surface area contributed by atoms with Crippen molar-refractivity contribution in [3.05, 3.63) is 24.3 Å². The molecule has 0 spiro atoms. The van der Waals surface area contributed by atoms with Gasteiger partial charge in [0.05, 0.1) is 11.2 Å². The van der Waals surface area contributed by atoms with Gasteiger partial charge in [0.25, 0.3) is 0 Å². The predicted molar refractivity (Wildman–Crippen MR) is 82.1 cm³/mol. The smallest absolute Gasteiger partial charge is 0.243 e. The molecule has 2 rings (SSSR count). The number of benzene rings is 1. The molecule has 118 valence electrons. The van der Waals surface area contributed by atoms with Gasteiger partial charge in [0, 0.05) is 18.8 Å². The number of nitrogens with zero attached hydrogens (tertiary/aromatic N) is 1. The summed E-state index contributed by atoms with van der Waals surface area (Å²) in [5, 5.41) is 0. The molecular formula is C13H20N2O4S2. The number of anilines is 1. The molecule has 1 aromatic carbocycles. The zero-order valence-corrected chi connectivity index (χ0v) is 13.7. The van der Waals surface area contributed by atoms with E-state index in [4.69, 9.17) is 0 Å². The topological polar surface area (TPSA) is 83.6 Å². The SMILES string of the molecule is CC1CCCN(S(=O)(=O)c2ccc(NS(C)(=O)=O)cc2)C1. The third-order valence-electron chi connectivity index (χ3n) is 3.42. The fourth-order valence-corrected chi connectivity index (χ4v) is 4.59. The second-order valence-corrected chi connectivity index (χ2v) is 9.20. The maximum absolute atomic E-state index is 12.5. The molecule has 1 unspecified atom stereocenters. The lowest BCUT2D eigenvalue weighted by Gasteiger charge is -2.30. The first kappa shape index (κ1) is 16.3. The summed E-state index contributed by atoms with van der Waals surface area (Å²) in [4.78, 5) is 0.190. The minimum absolute atomic E-state index is 0.190. The summed E-state index contributed by atoms with van der Waals surface area (Å²) in [6, 6.07) is 5.78. The molecule has 1 N–H and O–H groups in total. The van der Waals surface area contributed by atoms with Crippen LogP contribution in [0, 0.1) is 5.92 Å². The summed E-state index contributed by atoms with van der Waals surface area (Å²) < 4.78 is 51.1. The second kappa shape index (κ2) is 5.94. The Morgan fingerprint density at radius 1 is 1.14 bits per heavy atom. The van der Waals surface area contributed by atoms with Gasteiger partial charge in [-0.15, -0.1) is 0 Å². The molecule has 1 saturated heterocycles. The summed E-state index contributed by atoms with van der Waals surface area (Å²) in [5.74, 6) is 0.361. The molecule has 6 nitrogen and oxygen atoms in total. The lowest BCUT2D eigenvalue weighted by Crippen LogP contribution is -2.39. The van der Waals surface area contributed by atoms with Crippen LogP contribution in [0.25, 0.3) is 0 Å². The van der Waals surface area contributed by atoms with Gasteiger partial charge < -0.3 is 0 Å². The number of hydrogen-bond acceptors (Lipinski definition) is 4. The molecule has 0 amide bonds. The zero-order chi connectivity index (χ0) is 15.7. The molecule has 0 radical (unpaired) electrons. The van der Waals surface area contributed by atoms with Crippen LogP contribution in [-0.2, 0) is 20.0 Å². The normalized spacial score (nSPS) is 21.1. The van der Waals surface area contributed by atoms with Crippen molar-refractivity contribution < 1.29 is 16.8 Å². The highest BCUT2D eigenvalue weighted by Gasteiger charge is 2.28. The predicted octanol–water partition coefficient (Wildman–Crippen LogP) is 1.48. The van der Waals surface area contributed by atoms with E-state index in [1.54, 1.807) is 0 Å². The van der Waals surface area contributed by atoms with Gasteiger partial charge in [0.2, 0.25) is 20.0 Å². The fourth-order valence-electron chi connectivity index (χ4n) is 2.42. The van der Waals surface area contributed by atoms with Crippen molar-refractivity contribution >= 4 is 25.7 Å². The van der Waals surface area contributed by atoms with Gasteiger partial charge in [-0.05, 0) is 43.0 Å². The molecule has 1 fully saturated rings. The summed E-state index contributed by atoms with van der Waals surface area (Å²) in [7, 11) is -6.86. The van der Waals surface area contributed by atoms with Gasteiger partial charge in [0.15, 0.2) is 0 Å². The minimum atomic E-state index is -3.50. The highest BCUT2D eigenvalue weighted by Crippen LogP contribution is 2.24. The van der Waals surface area contributed by atoms with Crippen molar-refractivity contribution in [2.24, 2.45) is 5.92 Å². The number of piperidine rings is 1. The number of rotatable bonds is 4. The van der Waals surface area contributed by atoms with Crippen LogP contribution in [0.1, 0.15) is 19.8 Å². The van der Waals surface area contributed by atoms with Gasteiger partial charge in [-0.1, -0.05) is 6.92 Å². The molecule has 8 heteroatoms. The van der Waals surface area contributed by atoms with Gasteiger partial charge in [-0.25, -0.2) is 16.8 Å². The molecular weight excluding hydrogens is 312 g/mol. The fraction of sp³-hybridized carbons (Fsp3) is 0.538. The van der Waals surface area contributed by atoms with E-state index < -0.39 is 20.0 Å². The Labute approximate surface area is 126 Å². The molecule has 1 atom stereocenters. The molecule has 0 bridgehead atoms. The number of sulfonamides is 2. The number of hydrogen-bond donors (Lipinski definition) is 1. The maximum Gasteiger partial charge on any atom is 0.243 e. The van der Waals surface area contributed by atoms with E-state index in [0.717, 1.165) is 19.1 Å². The Hall–Kier alpha value is -1.12. The van der Waals surface area contributed by atoms with Crippen molar-refractivity contribution in [2.75, 3.05) is 24.1 Å². The molecule has 1 aliphatic heterocycles. The lowest BCUT2D eigenvalue weighted by molar-refractivity contribution is 0.281. The highest BCUT2D eigenvalue weighted by molar-refractivity contribution is 7.92. The van der Waals surface area contributed by atoms with Crippen molar-refractivity contribution in [1.29, 1.82) is 0 Å². The summed E-state index contributed by atoms with van der Waals surface area (Å²) in [5.41, 5.74) is 0.350. The van der Waals surface area contributed by atoms with E-state index in [9.17, 15) is 16.8 Å². The standard InChI is InChI=1S/C13H20N2O4S2/c1-11-4-3-9-15(10-11)21(18,19)13-7-5-12(6-8-13)14-20(2,16)17/h5-8,11,14H,3-4,9-10H2,1-2H3. The van der Waals surface area contributed by atoms with Gasteiger partial charge in [0.1, 0.15) is 0 Å². The molecule has 21 heavy (non-hydrogen) atoms. The third-order valence-corrected chi connectivity index (χ3v) is 5.90. The quantitative estimate of drug-likeness (QED) is 0.905. The molecule has 0 aliphatic carbocycles. The van der Waals surface area contributed by atoms with Crippen LogP contribution < -0.4 is 4.72 Å². The Morgan fingerprint density at radius 2 is 1.76 bits per heavy atom. The van der Waals surface area contributed by atoms with E-state index in [2.05, 4.69) is 4.72 Å². The van der Waals surface area contributed by atoms with E-state index in [0.29, 0.717) is 24.7 Å². The van der Waals surface area contributed by atoms with Crippen LogP contribution in [0.3, 0.4) is 0 Å². The Morgan fingerprint density at radius 3 is 2.29 bits per heavy atom. The van der Waals surface area contributed by atoms with Crippen LogP contribution in [0.5, 0.6) is 0 Å². The van der Waals surface area contributed by atoms with Crippen LogP contribution in [0.15, 0.2) is 29.2 Å². The molecule has 0 saturated carbocycles. The average molecular weight is 332 g/mol. The van der Waals surface area contributed by atoms with Crippen molar-refractivity contribution in [3.63, 3.8) is 0 Å². The molecule has 1 heterocycles. The third kappa shape index (κ3) is 4.18. The van der Waals surface area contributed by atoms with Crippen LogP contribution >= 0.6 is 0 Å². The van der Waals surface area contributed by atoms with Crippen LogP contribution in [-0.4, -0.2) is 40.5 Å². The molecule has 1 aliphatic rings. The summed E-state index contributed by atoms with van der Waals surface area (Å²) in [6.07, 6.45) is 2.96. The van der Waals surface area contributed by atoms with Crippen LogP contribution in [0.4, 0.5) is 5.69 Å². The van der Waals surface area contributed by atoms with Crippen molar-refractivity contribution in [1.82, 2.24) is 4.31 Å². The Balaban J connectivity index is 2.21. The second-order valence-electron chi connectivity index (χ2n) is 5.51. The molecule has 1 aromatic rings. The number of nitrogens with one attached hydrogen (secondary N) is 1. The zero-order valence-electron chi connectivity index (χ0n) is 12.1. The van der Waals surface area contributed by atoms with Crippen LogP contribution in [0.2, 0.25) is 0 Å². The first-order valence-electron chi connectivity index (χ1n) is 6.76. The largest absolute Gasteiger partial charge is 0.284 e. The highest BCUT2D eigenvalue weighted by atomic mass is 32.2. The Kier molecular flexibility index (Phi) is 4.60. The Bertz CT molecular complexity index is 696. The van der Waals surface area contributed by atoms with E-state index in [1.165, 1.54) is 28.6 Å². The van der Waals surface area contributed by atoms with Gasteiger partial charge in [-0.2, -0.15) is 4.31 Å². The van der Waals surface area contributed by atoms with Crippen molar-refractivity contribution in [3.8, 4) is 0 Å². The van der Waals surface area contributed by atoms with Gasteiger partial charge in [-0.3, -0.25) is 4.72 Å². The summed E-state index contributed by atoms with van der Waals surface area (Å²) in [6.45, 7) is 3.11. The first-order chi connectivity index (χ1) is 9.68. The summed E-state index contributed by atoms with van der Waals surface area (Å²) >= 11 is 0. The van der Waals surface area contributed by atoms with Gasteiger partial charge >= 0.3 is 0 Å².